The van der Waals surface area contributed by atoms with Crippen molar-refractivity contribution in [3.8, 4) is 0 Å². The van der Waals surface area contributed by atoms with Gasteiger partial charge in [-0.25, -0.2) is 9.59 Å². The zero-order chi connectivity index (χ0) is 18.3. The standard InChI is InChI=1S/C16H20N2O6S/c1-7(19)12-10-5-9(13(15(21)22)18(10)14(12)20)11-4-3-8(25-11)6-24-16(23)17-2/h4,7-8,10,12,19H,3,5-6H2,1-2H3,(H,17,23)(H,21,22)/t7-,8?,10-,12-/m1/s1. The highest BCUT2D eigenvalue weighted by Gasteiger charge is 2.57. The summed E-state index contributed by atoms with van der Waals surface area (Å²) < 4.78 is 5.05. The molecule has 2 amide bonds. The van der Waals surface area contributed by atoms with Gasteiger partial charge in [0.2, 0.25) is 5.91 Å². The maximum absolute atomic E-state index is 12.2. The molecule has 1 saturated heterocycles. The summed E-state index contributed by atoms with van der Waals surface area (Å²) in [5.41, 5.74) is 0.639. The summed E-state index contributed by atoms with van der Waals surface area (Å²) in [6.45, 7) is 1.77. The molecule has 0 aliphatic carbocycles. The lowest BCUT2D eigenvalue weighted by Crippen LogP contribution is -2.61. The Hall–Kier alpha value is -2.00. The molecule has 4 atom stereocenters. The van der Waals surface area contributed by atoms with Crippen molar-refractivity contribution in [3.05, 3.63) is 22.3 Å². The number of nitrogens with one attached hydrogen (secondary N) is 1. The number of ether oxygens (including phenoxy) is 1. The molecule has 0 spiro atoms. The van der Waals surface area contributed by atoms with E-state index >= 15 is 0 Å². The maximum atomic E-state index is 12.2. The molecule has 1 unspecified atom stereocenters. The van der Waals surface area contributed by atoms with E-state index in [1.807, 2.05) is 6.08 Å². The smallest absolute Gasteiger partial charge is 0.406 e. The molecule has 136 valence electrons. The van der Waals surface area contributed by atoms with Gasteiger partial charge in [0.05, 0.1) is 18.1 Å². The molecule has 0 aromatic rings. The molecule has 9 heteroatoms. The van der Waals surface area contributed by atoms with Gasteiger partial charge in [-0.05, 0) is 25.3 Å². The second-order valence-corrected chi connectivity index (χ2v) is 7.61. The van der Waals surface area contributed by atoms with Crippen molar-refractivity contribution in [2.75, 3.05) is 13.7 Å². The minimum Gasteiger partial charge on any atom is -0.477 e. The Morgan fingerprint density at radius 2 is 2.24 bits per heavy atom. The van der Waals surface area contributed by atoms with Crippen LogP contribution >= 0.6 is 11.8 Å². The molecule has 0 radical (unpaired) electrons. The number of β-lactam (4-membered cyclic amide) rings is 1. The fourth-order valence-electron chi connectivity index (χ4n) is 3.54. The Morgan fingerprint density at radius 1 is 1.52 bits per heavy atom. The SMILES string of the molecule is CNC(=O)OCC1CC=C(C2=C(C(=O)O)N3C(=O)[C@H]([C@@H](C)O)[C@H]3C2)S1. The number of carboxylic acids is 1. The van der Waals surface area contributed by atoms with E-state index in [0.717, 1.165) is 4.91 Å². The predicted molar refractivity (Wildman–Crippen MR) is 89.6 cm³/mol. The van der Waals surface area contributed by atoms with Crippen LogP contribution in [-0.4, -0.2) is 64.1 Å². The molecule has 0 saturated carbocycles. The van der Waals surface area contributed by atoms with Crippen LogP contribution in [0.4, 0.5) is 4.79 Å². The topological polar surface area (TPSA) is 116 Å². The molecule has 3 aliphatic rings. The highest BCUT2D eigenvalue weighted by Crippen LogP contribution is 2.50. The summed E-state index contributed by atoms with van der Waals surface area (Å²) in [4.78, 5) is 37.2. The number of carbonyl (C=O) groups excluding carboxylic acids is 2. The first kappa shape index (κ1) is 17.8. The van der Waals surface area contributed by atoms with Crippen LogP contribution in [0.2, 0.25) is 0 Å². The third kappa shape index (κ3) is 3.02. The average molecular weight is 368 g/mol. The van der Waals surface area contributed by atoms with E-state index in [0.29, 0.717) is 18.4 Å². The van der Waals surface area contributed by atoms with Crippen LogP contribution in [0.3, 0.4) is 0 Å². The number of hydrogen-bond donors (Lipinski definition) is 3. The fourth-order valence-corrected chi connectivity index (χ4v) is 4.74. The van der Waals surface area contributed by atoms with Gasteiger partial charge in [-0.1, -0.05) is 6.08 Å². The molecule has 3 N–H and O–H groups in total. The average Bonchev–Trinajstić information content (AvgIpc) is 3.14. The molecule has 25 heavy (non-hydrogen) atoms. The number of allylic oxidation sites excluding steroid dienone is 2. The van der Waals surface area contributed by atoms with Gasteiger partial charge >= 0.3 is 12.1 Å². The highest BCUT2D eigenvalue weighted by atomic mass is 32.2. The van der Waals surface area contributed by atoms with Crippen LogP contribution in [0.5, 0.6) is 0 Å². The lowest BCUT2D eigenvalue weighted by molar-refractivity contribution is -0.161. The van der Waals surface area contributed by atoms with Gasteiger partial charge in [-0.2, -0.15) is 0 Å². The Balaban J connectivity index is 1.73. The molecule has 0 aromatic carbocycles. The second-order valence-electron chi connectivity index (χ2n) is 6.27. The first-order valence-corrected chi connectivity index (χ1v) is 8.92. The van der Waals surface area contributed by atoms with Crippen molar-refractivity contribution in [1.29, 1.82) is 0 Å². The number of hydrogen-bond acceptors (Lipinski definition) is 6. The number of carboxylic acid groups (broad SMARTS) is 1. The molecule has 3 heterocycles. The van der Waals surface area contributed by atoms with Gasteiger partial charge < -0.3 is 25.2 Å². The van der Waals surface area contributed by atoms with E-state index in [1.54, 1.807) is 6.92 Å². The summed E-state index contributed by atoms with van der Waals surface area (Å²) in [6.07, 6.45) is 1.70. The molecule has 8 nitrogen and oxygen atoms in total. The quantitative estimate of drug-likeness (QED) is 0.611. The van der Waals surface area contributed by atoms with Crippen LogP contribution in [0, 0.1) is 5.92 Å². The van der Waals surface area contributed by atoms with Crippen molar-refractivity contribution < 1.29 is 29.3 Å². The molecule has 3 aliphatic heterocycles. The van der Waals surface area contributed by atoms with Crippen LogP contribution in [0.1, 0.15) is 19.8 Å². The maximum Gasteiger partial charge on any atom is 0.406 e. The minimum absolute atomic E-state index is 0.0125. The third-order valence-corrected chi connectivity index (χ3v) is 6.02. The predicted octanol–water partition coefficient (Wildman–Crippen LogP) is 0.682. The van der Waals surface area contributed by atoms with Gasteiger partial charge in [-0.3, -0.25) is 4.79 Å². The molecular weight excluding hydrogens is 348 g/mol. The Morgan fingerprint density at radius 3 is 2.84 bits per heavy atom. The number of alkyl carbamates (subject to hydrolysis) is 1. The summed E-state index contributed by atoms with van der Waals surface area (Å²) in [7, 11) is 1.48. The minimum atomic E-state index is -1.14. The van der Waals surface area contributed by atoms with E-state index in [1.165, 1.54) is 23.7 Å². The molecule has 0 aromatic heterocycles. The van der Waals surface area contributed by atoms with E-state index in [-0.39, 0.29) is 29.5 Å². The Labute approximate surface area is 148 Å². The first-order chi connectivity index (χ1) is 11.8. The van der Waals surface area contributed by atoms with E-state index in [9.17, 15) is 24.6 Å². The summed E-state index contributed by atoms with van der Waals surface area (Å²) in [6, 6.07) is -0.295. The zero-order valence-electron chi connectivity index (χ0n) is 13.9. The Kier molecular flexibility index (Phi) is 4.79. The van der Waals surface area contributed by atoms with E-state index in [4.69, 9.17) is 4.74 Å². The van der Waals surface area contributed by atoms with Crippen molar-refractivity contribution in [3.63, 3.8) is 0 Å². The van der Waals surface area contributed by atoms with Crippen LogP contribution in [0.25, 0.3) is 0 Å². The largest absolute Gasteiger partial charge is 0.477 e. The number of aliphatic hydroxyl groups is 1. The van der Waals surface area contributed by atoms with Gasteiger partial charge in [0.25, 0.3) is 0 Å². The number of aliphatic hydroxyl groups excluding tert-OH is 1. The van der Waals surface area contributed by atoms with Crippen LogP contribution in [0.15, 0.2) is 22.3 Å². The number of nitrogens with zero attached hydrogens (tertiary/aromatic N) is 1. The fraction of sp³-hybridized carbons (Fsp3) is 0.562. The number of carbonyl (C=O) groups is 3. The lowest BCUT2D eigenvalue weighted by atomic mass is 9.83. The van der Waals surface area contributed by atoms with Crippen molar-refractivity contribution in [2.45, 2.75) is 37.2 Å². The zero-order valence-corrected chi connectivity index (χ0v) is 14.7. The van der Waals surface area contributed by atoms with Crippen molar-refractivity contribution in [2.24, 2.45) is 5.92 Å². The number of fused-ring (bicyclic) bond motifs is 1. The normalized spacial score (nSPS) is 29.1. The van der Waals surface area contributed by atoms with E-state index < -0.39 is 24.1 Å². The Bertz CT molecular complexity index is 686. The highest BCUT2D eigenvalue weighted by molar-refractivity contribution is 8.04. The third-order valence-electron chi connectivity index (χ3n) is 4.69. The number of rotatable bonds is 5. The van der Waals surface area contributed by atoms with Gasteiger partial charge in [0.15, 0.2) is 0 Å². The first-order valence-electron chi connectivity index (χ1n) is 8.04. The number of amides is 2. The second kappa shape index (κ2) is 6.72. The summed E-state index contributed by atoms with van der Waals surface area (Å²) in [5.74, 6) is -2.02. The molecule has 3 rings (SSSR count). The van der Waals surface area contributed by atoms with Gasteiger partial charge in [0.1, 0.15) is 12.3 Å². The van der Waals surface area contributed by atoms with Crippen LogP contribution in [-0.2, 0) is 14.3 Å². The summed E-state index contributed by atoms with van der Waals surface area (Å²) in [5, 5.41) is 21.7. The molecular formula is C16H20N2O6S. The molecule has 0 bridgehead atoms. The number of thioether (sulfide) groups is 1. The van der Waals surface area contributed by atoms with Gasteiger partial charge in [0, 0.05) is 17.2 Å². The van der Waals surface area contributed by atoms with E-state index in [2.05, 4.69) is 5.32 Å². The molecule has 1 fully saturated rings. The van der Waals surface area contributed by atoms with Gasteiger partial charge in [-0.15, -0.1) is 11.8 Å². The van der Waals surface area contributed by atoms with Crippen molar-refractivity contribution >= 4 is 29.7 Å². The van der Waals surface area contributed by atoms with Crippen molar-refractivity contribution in [1.82, 2.24) is 10.2 Å². The number of aliphatic carboxylic acids is 1. The summed E-state index contributed by atoms with van der Waals surface area (Å²) >= 11 is 1.46. The lowest BCUT2D eigenvalue weighted by Gasteiger charge is -2.44. The van der Waals surface area contributed by atoms with Crippen LogP contribution < -0.4 is 5.32 Å². The monoisotopic (exact) mass is 368 g/mol.